The molecule has 2 rings (SSSR count). The summed E-state index contributed by atoms with van der Waals surface area (Å²) in [7, 11) is 1.53. The van der Waals surface area contributed by atoms with Crippen molar-refractivity contribution >= 4 is 17.3 Å². The van der Waals surface area contributed by atoms with E-state index in [9.17, 15) is 4.79 Å². The predicted octanol–water partition coefficient (Wildman–Crippen LogP) is 2.73. The van der Waals surface area contributed by atoms with Crippen molar-refractivity contribution in [3.8, 4) is 11.5 Å². The van der Waals surface area contributed by atoms with Crippen LogP contribution in [0.2, 0.25) is 0 Å². The van der Waals surface area contributed by atoms with E-state index in [1.807, 2.05) is 22.9 Å². The van der Waals surface area contributed by atoms with Crippen LogP contribution in [-0.2, 0) is 4.79 Å². The third-order valence-electron chi connectivity index (χ3n) is 2.70. The van der Waals surface area contributed by atoms with Crippen molar-refractivity contribution in [1.29, 1.82) is 0 Å². The first-order valence-corrected chi connectivity index (χ1v) is 6.70. The highest BCUT2D eigenvalue weighted by molar-refractivity contribution is 7.08. The lowest BCUT2D eigenvalue weighted by molar-refractivity contribution is -0.132. The molecular weight excluding hydrogens is 262 g/mol. The third kappa shape index (κ3) is 3.13. The Morgan fingerprint density at radius 2 is 2.05 bits per heavy atom. The Balaban J connectivity index is 2.31. The van der Waals surface area contributed by atoms with Gasteiger partial charge in [0, 0.05) is 6.92 Å². The van der Waals surface area contributed by atoms with Gasteiger partial charge in [-0.2, -0.15) is 11.3 Å². The number of hydrogen-bond acceptors (Lipinski definition) is 5. The van der Waals surface area contributed by atoms with E-state index in [2.05, 4.69) is 0 Å². The quantitative estimate of drug-likeness (QED) is 0.689. The molecule has 2 N–H and O–H groups in total. The number of thiophene rings is 1. The Morgan fingerprint density at radius 3 is 2.63 bits per heavy atom. The van der Waals surface area contributed by atoms with Gasteiger partial charge in [-0.25, -0.2) is 0 Å². The standard InChI is InChI=1S/C14H15NO3S/c1-9(16)18-12-4-3-10(7-13(12)17-2)14(15)11-5-6-19-8-11/h3-8,14H,15H2,1-2H3/t14-/m0/s1. The van der Waals surface area contributed by atoms with Crippen molar-refractivity contribution in [1.82, 2.24) is 0 Å². The Bertz CT molecular complexity index is 566. The van der Waals surface area contributed by atoms with Gasteiger partial charge in [-0.3, -0.25) is 4.79 Å². The minimum absolute atomic E-state index is 0.216. The van der Waals surface area contributed by atoms with Crippen LogP contribution in [0.1, 0.15) is 24.1 Å². The van der Waals surface area contributed by atoms with Gasteiger partial charge >= 0.3 is 5.97 Å². The minimum Gasteiger partial charge on any atom is -0.493 e. The molecule has 0 saturated carbocycles. The molecule has 1 heterocycles. The lowest BCUT2D eigenvalue weighted by Crippen LogP contribution is -2.11. The zero-order valence-electron chi connectivity index (χ0n) is 10.8. The maximum atomic E-state index is 11.0. The minimum atomic E-state index is -0.381. The summed E-state index contributed by atoms with van der Waals surface area (Å²) in [4.78, 5) is 11.0. The molecule has 5 heteroatoms. The van der Waals surface area contributed by atoms with E-state index in [4.69, 9.17) is 15.2 Å². The first kappa shape index (κ1) is 13.6. The highest BCUT2D eigenvalue weighted by atomic mass is 32.1. The molecule has 1 aromatic carbocycles. The molecule has 1 aromatic heterocycles. The number of hydrogen-bond donors (Lipinski definition) is 1. The van der Waals surface area contributed by atoms with E-state index in [0.29, 0.717) is 11.5 Å². The van der Waals surface area contributed by atoms with Gasteiger partial charge in [-0.05, 0) is 40.1 Å². The SMILES string of the molecule is COc1cc([C@H](N)c2ccsc2)ccc1OC(C)=O. The molecule has 19 heavy (non-hydrogen) atoms. The molecular formula is C14H15NO3S. The summed E-state index contributed by atoms with van der Waals surface area (Å²) in [6.45, 7) is 1.35. The highest BCUT2D eigenvalue weighted by Crippen LogP contribution is 2.32. The Morgan fingerprint density at radius 1 is 1.26 bits per heavy atom. The van der Waals surface area contributed by atoms with Gasteiger partial charge in [-0.1, -0.05) is 6.07 Å². The molecule has 4 nitrogen and oxygen atoms in total. The molecule has 0 fully saturated rings. The Labute approximate surface area is 115 Å². The van der Waals surface area contributed by atoms with E-state index in [1.54, 1.807) is 23.5 Å². The van der Waals surface area contributed by atoms with Gasteiger partial charge in [0.05, 0.1) is 13.2 Å². The zero-order chi connectivity index (χ0) is 13.8. The summed E-state index contributed by atoms with van der Waals surface area (Å²) in [5.41, 5.74) is 8.14. The van der Waals surface area contributed by atoms with Crippen molar-refractivity contribution in [2.75, 3.05) is 7.11 Å². The van der Waals surface area contributed by atoms with Crippen LogP contribution >= 0.6 is 11.3 Å². The van der Waals surface area contributed by atoms with Crippen LogP contribution in [0.15, 0.2) is 35.0 Å². The lowest BCUT2D eigenvalue weighted by Gasteiger charge is -2.14. The molecule has 0 saturated heterocycles. The molecule has 0 bridgehead atoms. The maximum Gasteiger partial charge on any atom is 0.308 e. The fourth-order valence-electron chi connectivity index (χ4n) is 1.76. The first-order chi connectivity index (χ1) is 9.11. The summed E-state index contributed by atoms with van der Waals surface area (Å²) in [5.74, 6) is 0.517. The van der Waals surface area contributed by atoms with Gasteiger partial charge in [-0.15, -0.1) is 0 Å². The average Bonchev–Trinajstić information content (AvgIpc) is 2.91. The number of esters is 1. The number of carbonyl (C=O) groups excluding carboxylic acids is 1. The number of benzene rings is 1. The fourth-order valence-corrected chi connectivity index (χ4v) is 2.46. The van der Waals surface area contributed by atoms with Crippen molar-refractivity contribution in [2.45, 2.75) is 13.0 Å². The average molecular weight is 277 g/mol. The van der Waals surface area contributed by atoms with Crippen molar-refractivity contribution in [2.24, 2.45) is 5.73 Å². The number of rotatable bonds is 4. The molecule has 1 atom stereocenters. The summed E-state index contributed by atoms with van der Waals surface area (Å²) in [6.07, 6.45) is 0. The van der Waals surface area contributed by atoms with Crippen LogP contribution in [0.25, 0.3) is 0 Å². The van der Waals surface area contributed by atoms with Gasteiger partial charge < -0.3 is 15.2 Å². The highest BCUT2D eigenvalue weighted by Gasteiger charge is 2.14. The Kier molecular flexibility index (Phi) is 4.19. The van der Waals surface area contributed by atoms with Crippen LogP contribution in [0.3, 0.4) is 0 Å². The molecule has 0 amide bonds. The number of ether oxygens (including phenoxy) is 2. The molecule has 0 unspecified atom stereocenters. The lowest BCUT2D eigenvalue weighted by atomic mass is 10.0. The largest absolute Gasteiger partial charge is 0.493 e. The van der Waals surface area contributed by atoms with Crippen LogP contribution in [-0.4, -0.2) is 13.1 Å². The normalized spacial score (nSPS) is 11.9. The second-order valence-corrected chi connectivity index (χ2v) is 4.82. The van der Waals surface area contributed by atoms with Crippen molar-refractivity contribution in [3.05, 3.63) is 46.2 Å². The fraction of sp³-hybridized carbons (Fsp3) is 0.214. The summed E-state index contributed by atoms with van der Waals surface area (Å²) in [5, 5.41) is 4.00. The van der Waals surface area contributed by atoms with E-state index < -0.39 is 0 Å². The molecule has 0 aliphatic carbocycles. The van der Waals surface area contributed by atoms with Crippen molar-refractivity contribution < 1.29 is 14.3 Å². The topological polar surface area (TPSA) is 61.6 Å². The van der Waals surface area contributed by atoms with Crippen molar-refractivity contribution in [3.63, 3.8) is 0 Å². The van der Waals surface area contributed by atoms with Gasteiger partial charge in [0.25, 0.3) is 0 Å². The molecule has 2 aromatic rings. The van der Waals surface area contributed by atoms with Crippen LogP contribution < -0.4 is 15.2 Å². The number of methoxy groups -OCH3 is 1. The molecule has 0 spiro atoms. The number of carbonyl (C=O) groups is 1. The summed E-state index contributed by atoms with van der Waals surface area (Å²) in [6, 6.07) is 7.10. The van der Waals surface area contributed by atoms with Gasteiger partial charge in [0.15, 0.2) is 11.5 Å². The van der Waals surface area contributed by atoms with Gasteiger partial charge in [0.2, 0.25) is 0 Å². The molecule has 0 aliphatic rings. The molecule has 100 valence electrons. The van der Waals surface area contributed by atoms with Crippen LogP contribution in [0, 0.1) is 0 Å². The maximum absolute atomic E-state index is 11.0. The first-order valence-electron chi connectivity index (χ1n) is 5.76. The summed E-state index contributed by atoms with van der Waals surface area (Å²) < 4.78 is 10.3. The Hall–Kier alpha value is -1.85. The molecule has 0 aliphatic heterocycles. The van der Waals surface area contributed by atoms with E-state index in [1.165, 1.54) is 14.0 Å². The molecule has 0 radical (unpaired) electrons. The summed E-state index contributed by atoms with van der Waals surface area (Å²) >= 11 is 1.60. The number of nitrogens with two attached hydrogens (primary N) is 1. The third-order valence-corrected chi connectivity index (χ3v) is 3.40. The second kappa shape index (κ2) is 5.86. The van der Waals surface area contributed by atoms with E-state index >= 15 is 0 Å². The smallest absolute Gasteiger partial charge is 0.308 e. The second-order valence-electron chi connectivity index (χ2n) is 4.04. The van der Waals surface area contributed by atoms with Crippen LogP contribution in [0.5, 0.6) is 11.5 Å². The monoisotopic (exact) mass is 277 g/mol. The van der Waals surface area contributed by atoms with Crippen LogP contribution in [0.4, 0.5) is 0 Å². The predicted molar refractivity (Wildman–Crippen MR) is 74.7 cm³/mol. The van der Waals surface area contributed by atoms with E-state index in [0.717, 1.165) is 11.1 Å². The van der Waals surface area contributed by atoms with E-state index in [-0.39, 0.29) is 12.0 Å². The van der Waals surface area contributed by atoms with Gasteiger partial charge in [0.1, 0.15) is 0 Å². The zero-order valence-corrected chi connectivity index (χ0v) is 11.6.